The molecule has 0 unspecified atom stereocenters. The zero-order chi connectivity index (χ0) is 14.7. The second-order valence-corrected chi connectivity index (χ2v) is 4.97. The van der Waals surface area contributed by atoms with E-state index in [1.54, 1.807) is 6.07 Å². The summed E-state index contributed by atoms with van der Waals surface area (Å²) in [7, 11) is 0. The first-order valence-corrected chi connectivity index (χ1v) is 6.94. The average molecular weight is 356 g/mol. The number of nitrogens with one attached hydrogen (secondary N) is 2. The van der Waals surface area contributed by atoms with Gasteiger partial charge >= 0.3 is 0 Å². The summed E-state index contributed by atoms with van der Waals surface area (Å²) in [6.07, 6.45) is 0. The summed E-state index contributed by atoms with van der Waals surface area (Å²) >= 11 is 0. The van der Waals surface area contributed by atoms with Gasteiger partial charge in [-0.05, 0) is 37.3 Å². The largest absolute Gasteiger partial charge is 0.492 e. The molecule has 23 heavy (non-hydrogen) atoms. The van der Waals surface area contributed by atoms with Crippen LogP contribution in [-0.2, 0) is 6.54 Å². The number of nitrogens with zero attached hydrogens (tertiary/aromatic N) is 1. The lowest BCUT2D eigenvalue weighted by molar-refractivity contribution is 0.102. The van der Waals surface area contributed by atoms with E-state index in [0.29, 0.717) is 12.3 Å². The van der Waals surface area contributed by atoms with Crippen molar-refractivity contribution >= 4 is 36.4 Å². The lowest BCUT2D eigenvalue weighted by atomic mass is 10.1. The lowest BCUT2D eigenvalue weighted by Gasteiger charge is -2.10. The van der Waals surface area contributed by atoms with Crippen LogP contribution >= 0.6 is 24.8 Å². The Bertz CT molecular complexity index is 680. The highest BCUT2D eigenvalue weighted by molar-refractivity contribution is 6.02. The van der Waals surface area contributed by atoms with Crippen molar-refractivity contribution in [1.29, 1.82) is 0 Å². The molecular formula is C16H19Cl2N3O2. The third kappa shape index (κ3) is 4.82. The molecular weight excluding hydrogens is 337 g/mol. The number of carbonyl (C=O) groups excluding carboxylic acids is 1. The Labute approximate surface area is 147 Å². The number of fused-ring (bicyclic) bond motifs is 1. The maximum absolute atomic E-state index is 12.2. The molecule has 2 aromatic rings. The van der Waals surface area contributed by atoms with Crippen LogP contribution in [0, 0.1) is 6.92 Å². The minimum absolute atomic E-state index is 0. The van der Waals surface area contributed by atoms with Crippen molar-refractivity contribution in [3.05, 3.63) is 53.3 Å². The number of anilines is 1. The van der Waals surface area contributed by atoms with E-state index >= 15 is 0 Å². The fraction of sp³-hybridized carbons (Fsp3) is 0.250. The molecule has 5 nitrogen and oxygen atoms in total. The first-order valence-electron chi connectivity index (χ1n) is 6.94. The molecule has 2 heterocycles. The van der Waals surface area contributed by atoms with Gasteiger partial charge in [0.2, 0.25) is 0 Å². The van der Waals surface area contributed by atoms with E-state index in [2.05, 4.69) is 15.6 Å². The number of aromatic nitrogens is 1. The summed E-state index contributed by atoms with van der Waals surface area (Å²) in [5.74, 6) is 0.660. The molecule has 7 heteroatoms. The molecule has 1 aliphatic rings. The molecule has 2 N–H and O–H groups in total. The highest BCUT2D eigenvalue weighted by Crippen LogP contribution is 2.24. The Morgan fingerprint density at radius 2 is 2.09 bits per heavy atom. The van der Waals surface area contributed by atoms with Crippen molar-refractivity contribution in [2.24, 2.45) is 0 Å². The SMILES string of the molecule is Cc1cccc(C(=O)Nc2ccc3c(c2)CNCCO3)n1.Cl.Cl. The first kappa shape index (κ1) is 19.2. The first-order chi connectivity index (χ1) is 10.2. The molecule has 1 amide bonds. The van der Waals surface area contributed by atoms with Gasteiger partial charge in [0, 0.05) is 30.0 Å². The van der Waals surface area contributed by atoms with Gasteiger partial charge in [0.05, 0.1) is 0 Å². The van der Waals surface area contributed by atoms with Gasteiger partial charge < -0.3 is 15.4 Å². The van der Waals surface area contributed by atoms with Crippen LogP contribution in [0.2, 0.25) is 0 Å². The van der Waals surface area contributed by atoms with E-state index in [-0.39, 0.29) is 30.7 Å². The number of hydrogen-bond donors (Lipinski definition) is 2. The standard InChI is InChI=1S/C16H17N3O2.2ClH/c1-11-3-2-4-14(18-11)16(20)19-13-5-6-15-12(9-13)10-17-7-8-21-15;;/h2-6,9,17H,7-8,10H2,1H3,(H,19,20);2*1H. The monoisotopic (exact) mass is 355 g/mol. The molecule has 0 atom stereocenters. The Kier molecular flexibility index (Phi) is 7.29. The van der Waals surface area contributed by atoms with Gasteiger partial charge in [0.1, 0.15) is 18.1 Å². The molecule has 0 aliphatic carbocycles. The predicted octanol–water partition coefficient (Wildman–Crippen LogP) is 2.97. The Balaban J connectivity index is 0.00000132. The molecule has 0 spiro atoms. The van der Waals surface area contributed by atoms with Gasteiger partial charge in [-0.2, -0.15) is 0 Å². The van der Waals surface area contributed by atoms with Crippen molar-refractivity contribution in [3.8, 4) is 5.75 Å². The highest BCUT2D eigenvalue weighted by atomic mass is 35.5. The van der Waals surface area contributed by atoms with E-state index < -0.39 is 0 Å². The zero-order valence-electron chi connectivity index (χ0n) is 12.7. The van der Waals surface area contributed by atoms with Crippen molar-refractivity contribution in [2.75, 3.05) is 18.5 Å². The summed E-state index contributed by atoms with van der Waals surface area (Å²) < 4.78 is 5.62. The summed E-state index contributed by atoms with van der Waals surface area (Å²) in [4.78, 5) is 16.4. The van der Waals surface area contributed by atoms with Gasteiger partial charge in [0.15, 0.2) is 0 Å². The van der Waals surface area contributed by atoms with E-state index in [1.807, 2.05) is 37.3 Å². The van der Waals surface area contributed by atoms with E-state index in [1.165, 1.54) is 0 Å². The van der Waals surface area contributed by atoms with Crippen LogP contribution in [0.3, 0.4) is 0 Å². The van der Waals surface area contributed by atoms with Gasteiger partial charge in [0.25, 0.3) is 5.91 Å². The molecule has 3 rings (SSSR count). The van der Waals surface area contributed by atoms with Crippen LogP contribution in [0.5, 0.6) is 5.75 Å². The third-order valence-corrected chi connectivity index (χ3v) is 3.29. The summed E-state index contributed by atoms with van der Waals surface area (Å²) in [6, 6.07) is 11.1. The zero-order valence-corrected chi connectivity index (χ0v) is 14.3. The summed E-state index contributed by atoms with van der Waals surface area (Å²) in [6.45, 7) is 4.08. The second-order valence-electron chi connectivity index (χ2n) is 4.97. The summed E-state index contributed by atoms with van der Waals surface area (Å²) in [5, 5.41) is 6.14. The number of benzene rings is 1. The van der Waals surface area contributed by atoms with Gasteiger partial charge in [-0.25, -0.2) is 4.98 Å². The number of halogens is 2. The van der Waals surface area contributed by atoms with Crippen molar-refractivity contribution in [1.82, 2.24) is 10.3 Å². The quantitative estimate of drug-likeness (QED) is 0.869. The molecule has 0 bridgehead atoms. The van der Waals surface area contributed by atoms with Crippen LogP contribution in [-0.4, -0.2) is 24.0 Å². The number of ether oxygens (including phenoxy) is 1. The fourth-order valence-corrected chi connectivity index (χ4v) is 2.26. The van der Waals surface area contributed by atoms with Gasteiger partial charge in [-0.1, -0.05) is 6.07 Å². The Morgan fingerprint density at radius 1 is 1.26 bits per heavy atom. The molecule has 1 aromatic heterocycles. The molecule has 0 saturated carbocycles. The van der Waals surface area contributed by atoms with Crippen molar-refractivity contribution < 1.29 is 9.53 Å². The van der Waals surface area contributed by atoms with Crippen LogP contribution in [0.15, 0.2) is 36.4 Å². The smallest absolute Gasteiger partial charge is 0.274 e. The fourth-order valence-electron chi connectivity index (χ4n) is 2.26. The highest BCUT2D eigenvalue weighted by Gasteiger charge is 2.12. The van der Waals surface area contributed by atoms with Crippen molar-refractivity contribution in [3.63, 3.8) is 0 Å². The topological polar surface area (TPSA) is 63.2 Å². The number of amides is 1. The van der Waals surface area contributed by atoms with E-state index in [0.717, 1.165) is 35.8 Å². The van der Waals surface area contributed by atoms with Crippen molar-refractivity contribution in [2.45, 2.75) is 13.5 Å². The number of aryl methyl sites for hydroxylation is 1. The Morgan fingerprint density at radius 3 is 2.87 bits per heavy atom. The van der Waals surface area contributed by atoms with E-state index in [4.69, 9.17) is 4.74 Å². The molecule has 124 valence electrons. The third-order valence-electron chi connectivity index (χ3n) is 3.29. The number of hydrogen-bond acceptors (Lipinski definition) is 4. The maximum atomic E-state index is 12.2. The molecule has 1 aliphatic heterocycles. The molecule has 0 fully saturated rings. The Hall–Kier alpha value is -1.82. The van der Waals surface area contributed by atoms with Gasteiger partial charge in [-0.15, -0.1) is 24.8 Å². The lowest BCUT2D eigenvalue weighted by Crippen LogP contribution is -2.16. The maximum Gasteiger partial charge on any atom is 0.274 e. The number of rotatable bonds is 2. The minimum Gasteiger partial charge on any atom is -0.492 e. The van der Waals surface area contributed by atoms with Crippen LogP contribution < -0.4 is 15.4 Å². The van der Waals surface area contributed by atoms with Crippen LogP contribution in [0.25, 0.3) is 0 Å². The predicted molar refractivity (Wildman–Crippen MR) is 95.1 cm³/mol. The number of pyridine rings is 1. The molecule has 0 saturated heterocycles. The van der Waals surface area contributed by atoms with E-state index in [9.17, 15) is 4.79 Å². The number of carbonyl (C=O) groups is 1. The van der Waals surface area contributed by atoms with Crippen LogP contribution in [0.1, 0.15) is 21.7 Å². The normalized spacial score (nSPS) is 12.6. The molecule has 0 radical (unpaired) electrons. The summed E-state index contributed by atoms with van der Waals surface area (Å²) in [5.41, 5.74) is 3.03. The molecule has 1 aromatic carbocycles. The van der Waals surface area contributed by atoms with Crippen LogP contribution in [0.4, 0.5) is 5.69 Å². The second kappa shape index (κ2) is 8.72. The van der Waals surface area contributed by atoms with Gasteiger partial charge in [-0.3, -0.25) is 4.79 Å². The minimum atomic E-state index is -0.207. The average Bonchev–Trinajstić information content (AvgIpc) is 2.72.